The van der Waals surface area contributed by atoms with Crippen molar-refractivity contribution in [3.05, 3.63) is 47.7 Å². The maximum Gasteiger partial charge on any atom is 0.273 e. The molecular weight excluding hydrogens is 286 g/mol. The summed E-state index contributed by atoms with van der Waals surface area (Å²) in [6.07, 6.45) is 8.21. The van der Waals surface area contributed by atoms with Gasteiger partial charge >= 0.3 is 0 Å². The van der Waals surface area contributed by atoms with E-state index in [-0.39, 0.29) is 5.91 Å². The minimum absolute atomic E-state index is 0.180. The molecule has 2 N–H and O–H groups in total. The Balaban J connectivity index is 1.47. The first-order valence-corrected chi connectivity index (χ1v) is 8.17. The van der Waals surface area contributed by atoms with E-state index in [0.29, 0.717) is 16.9 Å². The van der Waals surface area contributed by atoms with Gasteiger partial charge in [-0.1, -0.05) is 38.1 Å². The molecule has 1 aromatic carbocycles. The Hall–Kier alpha value is -2.36. The number of rotatable bonds is 3. The number of allylic oxidation sites excluding steroid dienone is 2. The van der Waals surface area contributed by atoms with E-state index in [1.807, 2.05) is 30.5 Å². The summed E-state index contributed by atoms with van der Waals surface area (Å²) >= 11 is 0. The van der Waals surface area contributed by atoms with Gasteiger partial charge in [-0.3, -0.25) is 4.79 Å². The highest BCUT2D eigenvalue weighted by Gasteiger charge is 2.50. The van der Waals surface area contributed by atoms with E-state index in [2.05, 4.69) is 35.4 Å². The number of carbonyl (C=O) groups excluding carboxylic acids is 1. The molecule has 1 aromatic heterocycles. The van der Waals surface area contributed by atoms with Crippen LogP contribution < -0.4 is 5.43 Å². The molecule has 23 heavy (non-hydrogen) atoms. The van der Waals surface area contributed by atoms with Gasteiger partial charge < -0.3 is 4.98 Å². The van der Waals surface area contributed by atoms with Crippen molar-refractivity contribution in [2.75, 3.05) is 0 Å². The van der Waals surface area contributed by atoms with Crippen molar-refractivity contribution in [2.45, 2.75) is 26.7 Å². The first-order valence-electron chi connectivity index (χ1n) is 8.17. The normalized spacial score (nSPS) is 25.2. The molecule has 0 unspecified atom stereocenters. The minimum atomic E-state index is -0.180. The van der Waals surface area contributed by atoms with Crippen LogP contribution >= 0.6 is 0 Å². The van der Waals surface area contributed by atoms with Crippen molar-refractivity contribution in [3.63, 3.8) is 0 Å². The molecule has 118 valence electrons. The van der Waals surface area contributed by atoms with E-state index in [0.717, 1.165) is 23.2 Å². The summed E-state index contributed by atoms with van der Waals surface area (Å²) in [5.74, 6) is 1.21. The fraction of sp³-hybridized carbons (Fsp3) is 0.368. The molecule has 5 rings (SSSR count). The molecule has 4 heteroatoms. The van der Waals surface area contributed by atoms with E-state index in [4.69, 9.17) is 0 Å². The molecule has 0 spiro atoms. The van der Waals surface area contributed by atoms with E-state index in [1.165, 1.54) is 12.0 Å². The van der Waals surface area contributed by atoms with Crippen LogP contribution in [0.3, 0.4) is 0 Å². The fourth-order valence-corrected chi connectivity index (χ4v) is 4.03. The van der Waals surface area contributed by atoms with Crippen LogP contribution in [0.25, 0.3) is 10.9 Å². The number of carbonyl (C=O) groups is 1. The largest absolute Gasteiger partial charge is 0.360 e. The average Bonchev–Trinajstić information content (AvgIpc) is 2.99. The Bertz CT molecular complexity index is 828. The van der Waals surface area contributed by atoms with Crippen molar-refractivity contribution in [1.82, 2.24) is 10.4 Å². The molecule has 1 fully saturated rings. The smallest absolute Gasteiger partial charge is 0.273 e. The van der Waals surface area contributed by atoms with Gasteiger partial charge in [0.1, 0.15) is 0 Å². The zero-order chi connectivity index (χ0) is 16.0. The highest BCUT2D eigenvalue weighted by atomic mass is 16.2. The molecule has 2 bridgehead atoms. The summed E-state index contributed by atoms with van der Waals surface area (Å²) in [6.45, 7) is 4.66. The van der Waals surface area contributed by atoms with Crippen LogP contribution in [0.1, 0.15) is 37.0 Å². The summed E-state index contributed by atoms with van der Waals surface area (Å²) in [6, 6.07) is 7.77. The highest BCUT2D eigenvalue weighted by molar-refractivity contribution is 6.06. The van der Waals surface area contributed by atoms with Crippen molar-refractivity contribution in [2.24, 2.45) is 22.4 Å². The van der Waals surface area contributed by atoms with E-state index in [1.54, 1.807) is 6.20 Å². The second kappa shape index (κ2) is 5.08. The van der Waals surface area contributed by atoms with Gasteiger partial charge in [0.15, 0.2) is 0 Å². The van der Waals surface area contributed by atoms with E-state index in [9.17, 15) is 4.79 Å². The van der Waals surface area contributed by atoms with Crippen LogP contribution in [0.2, 0.25) is 0 Å². The quantitative estimate of drug-likeness (QED) is 0.656. The zero-order valence-corrected chi connectivity index (χ0v) is 13.5. The number of hydrogen-bond donors (Lipinski definition) is 2. The number of hydrazone groups is 1. The Morgan fingerprint density at radius 1 is 1.39 bits per heavy atom. The molecule has 0 aliphatic heterocycles. The summed E-state index contributed by atoms with van der Waals surface area (Å²) in [5.41, 5.74) is 5.87. The number of H-pyrrole nitrogens is 1. The lowest BCUT2D eigenvalue weighted by Crippen LogP contribution is -2.48. The molecule has 0 radical (unpaired) electrons. The van der Waals surface area contributed by atoms with Crippen molar-refractivity contribution < 1.29 is 4.79 Å². The maximum atomic E-state index is 12.3. The number of amides is 1. The first kappa shape index (κ1) is 14.2. The van der Waals surface area contributed by atoms with Gasteiger partial charge in [-0.15, -0.1) is 0 Å². The Morgan fingerprint density at radius 2 is 2.22 bits per heavy atom. The lowest BCUT2D eigenvalue weighted by molar-refractivity contribution is -0.00126. The topological polar surface area (TPSA) is 57.2 Å². The van der Waals surface area contributed by atoms with Gasteiger partial charge in [-0.2, -0.15) is 5.10 Å². The van der Waals surface area contributed by atoms with Crippen LogP contribution in [0, 0.1) is 17.3 Å². The molecule has 4 nitrogen and oxygen atoms in total. The molecule has 1 amide bonds. The zero-order valence-electron chi connectivity index (χ0n) is 13.5. The Kier molecular flexibility index (Phi) is 3.15. The maximum absolute atomic E-state index is 12.3. The molecule has 2 aromatic rings. The number of nitrogens with zero attached hydrogens (tertiary/aromatic N) is 1. The van der Waals surface area contributed by atoms with Crippen LogP contribution in [0.5, 0.6) is 0 Å². The fourth-order valence-electron chi connectivity index (χ4n) is 4.03. The number of aromatic amines is 1. The molecule has 3 aliphatic carbocycles. The molecule has 3 aliphatic rings. The van der Waals surface area contributed by atoms with E-state index >= 15 is 0 Å². The Morgan fingerprint density at radius 3 is 3.00 bits per heavy atom. The molecule has 0 saturated heterocycles. The third-order valence-electron chi connectivity index (χ3n) is 5.72. The lowest BCUT2D eigenvalue weighted by atomic mass is 9.49. The molecule has 1 heterocycles. The van der Waals surface area contributed by atoms with Gasteiger partial charge in [0.2, 0.25) is 0 Å². The van der Waals surface area contributed by atoms with Gasteiger partial charge in [-0.05, 0) is 41.7 Å². The predicted molar refractivity (Wildman–Crippen MR) is 92.3 cm³/mol. The van der Waals surface area contributed by atoms with Crippen molar-refractivity contribution in [1.29, 1.82) is 0 Å². The Labute approximate surface area is 135 Å². The van der Waals surface area contributed by atoms with Crippen LogP contribution in [0.15, 0.2) is 47.2 Å². The van der Waals surface area contributed by atoms with Gasteiger partial charge in [0.25, 0.3) is 5.91 Å². The highest BCUT2D eigenvalue weighted by Crippen LogP contribution is 2.58. The van der Waals surface area contributed by atoms with Crippen molar-refractivity contribution in [3.8, 4) is 0 Å². The van der Waals surface area contributed by atoms with E-state index < -0.39 is 0 Å². The first-order chi connectivity index (χ1) is 11.1. The van der Waals surface area contributed by atoms with Gasteiger partial charge in [0, 0.05) is 17.1 Å². The average molecular weight is 307 g/mol. The van der Waals surface area contributed by atoms with Crippen LogP contribution in [0.4, 0.5) is 0 Å². The lowest BCUT2D eigenvalue weighted by Gasteiger charge is -2.55. The summed E-state index contributed by atoms with van der Waals surface area (Å²) < 4.78 is 0. The summed E-state index contributed by atoms with van der Waals surface area (Å²) in [5, 5.41) is 5.11. The number of benzene rings is 1. The SMILES string of the molecule is CC1(C)[C@H]2CC=C(C=NNC(=O)c3c[nH]c4ccccc34)[C@H]1C2. The number of aromatic nitrogens is 1. The van der Waals surface area contributed by atoms with Crippen LogP contribution in [-0.4, -0.2) is 17.1 Å². The monoisotopic (exact) mass is 307 g/mol. The number of hydrogen-bond acceptors (Lipinski definition) is 2. The number of nitrogens with one attached hydrogen (secondary N) is 2. The minimum Gasteiger partial charge on any atom is -0.360 e. The van der Waals surface area contributed by atoms with Gasteiger partial charge in [-0.25, -0.2) is 5.43 Å². The summed E-state index contributed by atoms with van der Waals surface area (Å²) in [4.78, 5) is 15.4. The predicted octanol–water partition coefficient (Wildman–Crippen LogP) is 3.88. The molecule has 2 atom stereocenters. The standard InChI is InChI=1S/C19H21N3O/c1-19(2)13-8-7-12(16(19)9-13)10-21-22-18(23)15-11-20-17-6-4-3-5-14(15)17/h3-7,10-11,13,16,20H,8-9H2,1-2H3,(H,22,23)/t13-,16+/m0/s1. The third kappa shape index (κ3) is 2.21. The summed E-state index contributed by atoms with van der Waals surface area (Å²) in [7, 11) is 0. The molecular formula is C19H21N3O. The molecule has 1 saturated carbocycles. The second-order valence-electron chi connectivity index (χ2n) is 7.19. The van der Waals surface area contributed by atoms with Crippen LogP contribution in [-0.2, 0) is 0 Å². The number of fused-ring (bicyclic) bond motifs is 2. The van der Waals surface area contributed by atoms with Gasteiger partial charge in [0.05, 0.1) is 11.8 Å². The number of para-hydroxylation sites is 1. The second-order valence-corrected chi connectivity index (χ2v) is 7.19. The third-order valence-corrected chi connectivity index (χ3v) is 5.72. The van der Waals surface area contributed by atoms with Crippen molar-refractivity contribution >= 4 is 23.0 Å².